The molecule has 0 radical (unpaired) electrons. The van der Waals surface area contributed by atoms with Crippen LogP contribution in [0.5, 0.6) is 0 Å². The third-order valence-electron chi connectivity index (χ3n) is 10.1. The Hall–Kier alpha value is -7.78. The lowest BCUT2D eigenvalue weighted by Gasteiger charge is -2.19. The molecule has 0 saturated heterocycles. The van der Waals surface area contributed by atoms with Gasteiger partial charge in [-0.05, 0) is 156 Å². The molecule has 1 amide bonds. The van der Waals surface area contributed by atoms with Crippen LogP contribution < -0.4 is 20.7 Å². The summed E-state index contributed by atoms with van der Waals surface area (Å²) in [7, 11) is -1.26. The van der Waals surface area contributed by atoms with Crippen LogP contribution >= 0.6 is 23.2 Å². The summed E-state index contributed by atoms with van der Waals surface area (Å²) in [5.41, 5.74) is 11.2. The first-order valence-electron chi connectivity index (χ1n) is 20.1. The van der Waals surface area contributed by atoms with E-state index in [1.807, 2.05) is 30.3 Å². The summed E-state index contributed by atoms with van der Waals surface area (Å²) in [6, 6.07) is 34.0. The van der Waals surface area contributed by atoms with Gasteiger partial charge in [0, 0.05) is 45.0 Å². The normalized spacial score (nSPS) is 12.0. The first kappa shape index (κ1) is 54.8. The number of rotatable bonds is 8. The maximum Gasteiger partial charge on any atom is 0.340 e. The zero-order valence-electron chi connectivity index (χ0n) is 36.4. The van der Waals surface area contributed by atoms with Gasteiger partial charge in [-0.25, -0.2) is 22.8 Å². The molecular weight excluding hydrogens is 984 g/mol. The minimum atomic E-state index is -3.71. The minimum Gasteiger partial charge on any atom is -0.768 e. The first-order chi connectivity index (χ1) is 32.9. The van der Waals surface area contributed by atoms with E-state index < -0.39 is 44.9 Å². The number of hydrogen-bond donors (Lipinski definition) is 4. The number of carbonyl (C=O) groups excluding carboxylic acids is 3. The molecule has 2 aliphatic rings. The van der Waals surface area contributed by atoms with Crippen LogP contribution in [0.3, 0.4) is 0 Å². The van der Waals surface area contributed by atoms with Gasteiger partial charge in [0.05, 0.1) is 70.4 Å². The fourth-order valence-corrected chi connectivity index (χ4v) is 8.84. The zero-order chi connectivity index (χ0) is 50.4. The van der Waals surface area contributed by atoms with Crippen molar-refractivity contribution in [1.82, 2.24) is 0 Å². The Morgan fingerprint density at radius 3 is 1.91 bits per heavy atom. The van der Waals surface area contributed by atoms with Crippen LogP contribution in [-0.4, -0.2) is 73.4 Å². The van der Waals surface area contributed by atoms with E-state index in [1.54, 1.807) is 24.3 Å². The summed E-state index contributed by atoms with van der Waals surface area (Å²) in [4.78, 5) is 46.1. The fourth-order valence-electron chi connectivity index (χ4n) is 6.59. The van der Waals surface area contributed by atoms with Crippen LogP contribution in [0, 0.1) is 22.7 Å². The van der Waals surface area contributed by atoms with Crippen molar-refractivity contribution < 1.29 is 50.9 Å². The van der Waals surface area contributed by atoms with Crippen molar-refractivity contribution in [2.24, 2.45) is 0 Å². The smallest absolute Gasteiger partial charge is 0.340 e. The molecule has 70 heavy (non-hydrogen) atoms. The third-order valence-corrected chi connectivity index (χ3v) is 13.0. The maximum atomic E-state index is 12.7. The van der Waals surface area contributed by atoms with Crippen molar-refractivity contribution in [3.63, 3.8) is 0 Å². The summed E-state index contributed by atoms with van der Waals surface area (Å²) in [5.74, 6) is -2.85. The molecule has 5 N–H and O–H groups in total. The minimum absolute atomic E-state index is 0. The highest BCUT2D eigenvalue weighted by Crippen LogP contribution is 2.34. The zero-order valence-corrected chi connectivity index (χ0v) is 39.5. The fraction of sp³-hybridized carbons (Fsp3) is 0.143. The lowest BCUT2D eigenvalue weighted by atomic mass is 10.1. The number of nitrogens with one attached hydrogen (secondary N) is 2. The van der Waals surface area contributed by atoms with Gasteiger partial charge >= 0.3 is 17.9 Å². The number of carbonyl (C=O) groups is 4. The molecule has 6 aromatic carbocycles. The van der Waals surface area contributed by atoms with Crippen molar-refractivity contribution in [2.75, 3.05) is 48.0 Å². The van der Waals surface area contributed by atoms with Crippen molar-refractivity contribution in [2.45, 2.75) is 30.1 Å². The monoisotopic (exact) mass is 1030 g/mol. The number of methoxy groups -OCH3 is 2. The molecule has 0 bridgehead atoms. The Morgan fingerprint density at radius 2 is 1.33 bits per heavy atom. The van der Waals surface area contributed by atoms with Crippen LogP contribution in [0.1, 0.15) is 71.1 Å². The molecule has 1 atom stereocenters. The number of fused-ring (bicyclic) bond motifs is 2. The Labute approximate surface area is 416 Å². The number of ether oxygens (including phenoxy) is 2. The predicted molar refractivity (Wildman–Crippen MR) is 264 cm³/mol. The number of anilines is 4. The third kappa shape index (κ3) is 13.9. The second-order valence-corrected chi connectivity index (χ2v) is 18.1. The first-order valence-corrected chi connectivity index (χ1v) is 23.4. The van der Waals surface area contributed by atoms with Gasteiger partial charge < -0.3 is 35.5 Å². The van der Waals surface area contributed by atoms with E-state index in [0.717, 1.165) is 23.6 Å². The topological polar surface area (TPSA) is 282 Å². The Morgan fingerprint density at radius 1 is 0.771 bits per heavy atom. The van der Waals surface area contributed by atoms with Crippen molar-refractivity contribution >= 4 is 90.9 Å². The molecule has 362 valence electrons. The number of nitrogen functional groups attached to an aromatic ring is 1. The number of nitrogens with zero attached hydrogens (tertiary/aromatic N) is 3. The summed E-state index contributed by atoms with van der Waals surface area (Å²) >= 11 is 9.34. The highest BCUT2D eigenvalue weighted by molar-refractivity contribution is 7.92. The van der Waals surface area contributed by atoms with Crippen molar-refractivity contribution in [3.05, 3.63) is 176 Å². The largest absolute Gasteiger partial charge is 0.768 e. The highest BCUT2D eigenvalue weighted by Gasteiger charge is 2.31. The molecule has 2 aliphatic heterocycles. The van der Waals surface area contributed by atoms with Crippen molar-refractivity contribution in [1.29, 1.82) is 10.5 Å². The number of aromatic carboxylic acids is 1. The second kappa shape index (κ2) is 25.0. The van der Waals surface area contributed by atoms with E-state index in [2.05, 4.69) is 20.1 Å². The number of sulfonamides is 1. The summed E-state index contributed by atoms with van der Waals surface area (Å²) in [6.07, 6.45) is 1.71. The summed E-state index contributed by atoms with van der Waals surface area (Å²) < 4.78 is 57.5. The van der Waals surface area contributed by atoms with E-state index in [1.165, 1.54) is 109 Å². The van der Waals surface area contributed by atoms with Gasteiger partial charge in [-0.3, -0.25) is 13.3 Å². The van der Waals surface area contributed by atoms with Crippen molar-refractivity contribution in [3.8, 4) is 12.1 Å². The average Bonchev–Trinajstić information content (AvgIpc) is 4.01. The number of benzene rings is 6. The van der Waals surface area contributed by atoms with Gasteiger partial charge in [-0.1, -0.05) is 30.6 Å². The van der Waals surface area contributed by atoms with Crippen LogP contribution in [0.2, 0.25) is 10.0 Å². The van der Waals surface area contributed by atoms with E-state index in [-0.39, 0.29) is 50.7 Å². The molecular formula is C49H43Cl2N6O11S2-. The van der Waals surface area contributed by atoms with Crippen LogP contribution in [0.25, 0.3) is 0 Å². The molecule has 0 fully saturated rings. The number of halogens is 2. The molecule has 0 aromatic heterocycles. The molecule has 21 heteroatoms. The van der Waals surface area contributed by atoms with E-state index >= 15 is 0 Å². The van der Waals surface area contributed by atoms with Crippen LogP contribution in [0.15, 0.2) is 131 Å². The van der Waals surface area contributed by atoms with E-state index in [4.69, 9.17) is 44.6 Å². The molecule has 0 aliphatic carbocycles. The number of hydrogen-bond acceptors (Lipinski definition) is 14. The Kier molecular flexibility index (Phi) is 19.6. The molecule has 2 heterocycles. The van der Waals surface area contributed by atoms with Gasteiger partial charge in [0.2, 0.25) is 0 Å². The summed E-state index contributed by atoms with van der Waals surface area (Å²) in [5, 5.41) is 33.6. The number of nitriles is 2. The van der Waals surface area contributed by atoms with Gasteiger partial charge in [0.1, 0.15) is 0 Å². The van der Waals surface area contributed by atoms with Gasteiger partial charge in [-0.2, -0.15) is 10.5 Å². The Balaban J connectivity index is 0.000000212. The predicted octanol–water partition coefficient (Wildman–Crippen LogP) is 8.50. The Bertz CT molecular complexity index is 3140. The number of amides is 1. The highest BCUT2D eigenvalue weighted by atomic mass is 35.5. The molecule has 1 unspecified atom stereocenters. The molecule has 6 aromatic rings. The average molecular weight is 1030 g/mol. The lowest BCUT2D eigenvalue weighted by Crippen LogP contribution is -2.29. The number of carboxylic acids is 1. The van der Waals surface area contributed by atoms with Gasteiger partial charge in [-0.15, -0.1) is 0 Å². The van der Waals surface area contributed by atoms with Gasteiger partial charge in [0.15, 0.2) is 0 Å². The second-order valence-electron chi connectivity index (χ2n) is 14.4. The maximum absolute atomic E-state index is 12.7. The van der Waals surface area contributed by atoms with Crippen LogP contribution in [0.4, 0.5) is 22.7 Å². The van der Waals surface area contributed by atoms with Gasteiger partial charge in [0.25, 0.3) is 15.9 Å². The number of esters is 2. The quantitative estimate of drug-likeness (QED) is 0.0631. The lowest BCUT2D eigenvalue weighted by molar-refractivity contribution is 0.0593. The number of carboxylic acid groups (broad SMARTS) is 1. The standard InChI is InChI=1S/C16H12N2O5S.C15H12ClNO4S.C9H8N2O2.C8H8ClN.CH4/c1-23-16(20)13-8-10(9-17)2-7-14(13)18-15(19)11-3-5-12(6-4-11)24(21)22;16-12-3-6-14-11(9-12)7-8-17(14)22(20,21)13-4-1-10(2-5-13)15(18)19;1-13-9(12)7-4-6(5-10)2-3-8(7)11;9-7-1-2-8-6(5-7)3-4-10-8;/h2-8H,1H3,(H,18,19)(H,21,22);1-6,9H,7-8H2,(H,18,19);2-4H,11H2,1H3;1-2,5,10H,3-4H2;1H4/p-1. The molecule has 8 rings (SSSR count). The number of nitrogens with two attached hydrogens (primary N) is 1. The van der Waals surface area contributed by atoms with E-state index in [0.29, 0.717) is 34.9 Å². The SMILES string of the molecule is C.COC(=O)c1cc(C#N)ccc1N.COC(=O)c1cc(C#N)ccc1NC(=O)c1ccc(S(=O)[O-])cc1.Clc1ccc2c(c1)CCN2.O=C(O)c1ccc(S(=O)(=O)N2CCc3cc(Cl)ccc32)cc1. The summed E-state index contributed by atoms with van der Waals surface area (Å²) in [6.45, 7) is 1.40. The van der Waals surface area contributed by atoms with Crippen LogP contribution in [-0.2, 0) is 43.4 Å². The molecule has 17 nitrogen and oxygen atoms in total. The van der Waals surface area contributed by atoms with E-state index in [9.17, 15) is 36.4 Å². The molecule has 0 saturated carbocycles. The molecule has 0 spiro atoms.